The van der Waals surface area contributed by atoms with Gasteiger partial charge in [0.15, 0.2) is 0 Å². The van der Waals surface area contributed by atoms with Crippen molar-refractivity contribution in [3.63, 3.8) is 0 Å². The van der Waals surface area contributed by atoms with Crippen molar-refractivity contribution in [1.82, 2.24) is 4.90 Å². The van der Waals surface area contributed by atoms with E-state index in [0.717, 1.165) is 6.42 Å². The molecule has 2 heteroatoms. The van der Waals surface area contributed by atoms with E-state index in [1.54, 1.807) is 9.70 Å². The zero-order chi connectivity index (χ0) is 11.3. The third-order valence-corrected chi connectivity index (χ3v) is 10.1. The Bertz CT molecular complexity index is 283. The molecule has 0 N–H and O–H groups in total. The van der Waals surface area contributed by atoms with Crippen LogP contribution < -0.4 is 0 Å². The van der Waals surface area contributed by atoms with E-state index >= 15 is 0 Å². The summed E-state index contributed by atoms with van der Waals surface area (Å²) in [6.45, 7) is 4.72. The van der Waals surface area contributed by atoms with Gasteiger partial charge >= 0.3 is 99.6 Å². The standard InChI is InChI=1S/C9H12N.2C2H5.Ga/c1-10(2)8-9-6-4-3-5-7-9;2*1-2;/h3-5,8H,6H2,1-2H3;2*1H2,2H3;. The number of allylic oxidation sites excluding steroid dienone is 5. The predicted octanol–water partition coefficient (Wildman–Crippen LogP) is 3.39. The van der Waals surface area contributed by atoms with Gasteiger partial charge in [0.05, 0.1) is 0 Å². The molecular weight excluding hydrogens is 240 g/mol. The summed E-state index contributed by atoms with van der Waals surface area (Å²) in [5.41, 5.74) is 1.57. The first kappa shape index (κ1) is 12.7. The minimum atomic E-state index is -1.16. The Morgan fingerprint density at radius 1 is 1.33 bits per heavy atom. The number of rotatable bonds is 4. The van der Waals surface area contributed by atoms with Crippen molar-refractivity contribution >= 4 is 16.2 Å². The van der Waals surface area contributed by atoms with Gasteiger partial charge in [-0.1, -0.05) is 0 Å². The van der Waals surface area contributed by atoms with Gasteiger partial charge in [-0.3, -0.25) is 0 Å². The van der Waals surface area contributed by atoms with Crippen molar-refractivity contribution < 1.29 is 0 Å². The van der Waals surface area contributed by atoms with Crippen LogP contribution in [0.1, 0.15) is 20.3 Å². The van der Waals surface area contributed by atoms with Gasteiger partial charge in [0.1, 0.15) is 0 Å². The molecule has 0 unspecified atom stereocenters. The molecule has 0 amide bonds. The Balaban J connectivity index is 2.90. The second kappa shape index (κ2) is 6.28. The van der Waals surface area contributed by atoms with E-state index < -0.39 is 16.2 Å². The molecule has 0 spiro atoms. The molecule has 0 atom stereocenters. The fourth-order valence-electron chi connectivity index (χ4n) is 2.16. The van der Waals surface area contributed by atoms with Crippen LogP contribution in [0.2, 0.25) is 9.95 Å². The zero-order valence-corrected chi connectivity index (χ0v) is 12.9. The average Bonchev–Trinajstić information content (AvgIpc) is 2.21. The van der Waals surface area contributed by atoms with Gasteiger partial charge in [0.25, 0.3) is 0 Å². The van der Waals surface area contributed by atoms with Crippen LogP contribution in [0.25, 0.3) is 0 Å². The molecule has 0 radical (unpaired) electrons. The van der Waals surface area contributed by atoms with Crippen molar-refractivity contribution in [3.05, 3.63) is 34.1 Å². The van der Waals surface area contributed by atoms with Crippen molar-refractivity contribution in [2.45, 2.75) is 30.2 Å². The maximum absolute atomic E-state index is 2.37. The molecule has 0 saturated carbocycles. The number of nitrogens with zero attached hydrogens (tertiary/aromatic N) is 1. The van der Waals surface area contributed by atoms with E-state index in [0.29, 0.717) is 0 Å². The second-order valence-electron chi connectivity index (χ2n) is 4.39. The normalized spacial score (nSPS) is 17.9. The van der Waals surface area contributed by atoms with E-state index in [-0.39, 0.29) is 0 Å². The second-order valence-corrected chi connectivity index (χ2v) is 12.0. The topological polar surface area (TPSA) is 3.24 Å². The summed E-state index contributed by atoms with van der Waals surface area (Å²) in [4.78, 5) is 5.02. The summed E-state index contributed by atoms with van der Waals surface area (Å²) in [7, 11) is 4.23. The molecule has 0 aromatic rings. The molecule has 15 heavy (non-hydrogen) atoms. The quantitative estimate of drug-likeness (QED) is 0.702. The zero-order valence-electron chi connectivity index (χ0n) is 10.5. The van der Waals surface area contributed by atoms with Crippen LogP contribution in [0.4, 0.5) is 0 Å². The van der Waals surface area contributed by atoms with Gasteiger partial charge in [-0.15, -0.1) is 0 Å². The first-order chi connectivity index (χ1) is 7.19. The Morgan fingerprint density at radius 2 is 2.00 bits per heavy atom. The fraction of sp³-hybridized carbons (Fsp3) is 0.538. The molecule has 0 saturated heterocycles. The van der Waals surface area contributed by atoms with Gasteiger partial charge < -0.3 is 0 Å². The first-order valence-electron chi connectivity index (χ1n) is 5.93. The summed E-state index contributed by atoms with van der Waals surface area (Å²) >= 11 is -1.16. The number of hydrogen-bond acceptors (Lipinski definition) is 1. The van der Waals surface area contributed by atoms with Crippen LogP contribution in [0.5, 0.6) is 0 Å². The summed E-state index contributed by atoms with van der Waals surface area (Å²) in [5.74, 6) is 0. The van der Waals surface area contributed by atoms with Gasteiger partial charge in [-0.25, -0.2) is 0 Å². The summed E-state index contributed by atoms with van der Waals surface area (Å²) in [5, 5.41) is 0. The monoisotopic (exact) mass is 261 g/mol. The van der Waals surface area contributed by atoms with Crippen LogP contribution in [0, 0.1) is 0 Å². The molecule has 0 aromatic heterocycles. The van der Waals surface area contributed by atoms with Crippen LogP contribution >= 0.6 is 0 Å². The SMILES string of the molecule is C[CH2][Ga]([CH2]C)[C]1=CC=CCC1=CN(C)C. The van der Waals surface area contributed by atoms with Gasteiger partial charge in [-0.2, -0.15) is 0 Å². The number of hydrogen-bond donors (Lipinski definition) is 0. The van der Waals surface area contributed by atoms with Crippen molar-refractivity contribution in [2.75, 3.05) is 14.1 Å². The molecular formula is C13H22GaN. The molecule has 0 aromatic carbocycles. The molecule has 0 fully saturated rings. The van der Waals surface area contributed by atoms with Gasteiger partial charge in [0, 0.05) is 0 Å². The van der Waals surface area contributed by atoms with Gasteiger partial charge in [0.2, 0.25) is 0 Å². The van der Waals surface area contributed by atoms with Crippen LogP contribution in [-0.2, 0) is 0 Å². The Hall–Kier alpha value is -0.344. The maximum atomic E-state index is 2.37. The van der Waals surface area contributed by atoms with E-state index in [4.69, 9.17) is 0 Å². The summed E-state index contributed by atoms with van der Waals surface area (Å²) in [6.07, 6.45) is 10.3. The third kappa shape index (κ3) is 3.61. The van der Waals surface area contributed by atoms with E-state index in [1.807, 2.05) is 0 Å². The van der Waals surface area contributed by atoms with Crippen LogP contribution in [0.3, 0.4) is 0 Å². The Kier molecular flexibility index (Phi) is 5.33. The molecule has 1 rings (SSSR count). The summed E-state index contributed by atoms with van der Waals surface area (Å²) < 4.78 is 1.73. The minimum absolute atomic E-state index is 1.13. The van der Waals surface area contributed by atoms with E-state index in [1.165, 1.54) is 9.95 Å². The Labute approximate surface area is 99.6 Å². The van der Waals surface area contributed by atoms with Crippen LogP contribution in [0.15, 0.2) is 34.1 Å². The summed E-state index contributed by atoms with van der Waals surface area (Å²) in [6, 6.07) is 0. The molecule has 1 aliphatic carbocycles. The molecule has 1 nitrogen and oxygen atoms in total. The molecule has 1 aliphatic rings. The fourth-order valence-corrected chi connectivity index (χ4v) is 7.52. The molecule has 0 heterocycles. The van der Waals surface area contributed by atoms with Crippen molar-refractivity contribution in [2.24, 2.45) is 0 Å². The Morgan fingerprint density at radius 3 is 2.53 bits per heavy atom. The average molecular weight is 262 g/mol. The van der Waals surface area contributed by atoms with Crippen LogP contribution in [-0.4, -0.2) is 35.2 Å². The van der Waals surface area contributed by atoms with Crippen molar-refractivity contribution in [1.29, 1.82) is 0 Å². The van der Waals surface area contributed by atoms with E-state index in [2.05, 4.69) is 57.3 Å². The third-order valence-electron chi connectivity index (χ3n) is 2.96. The first-order valence-corrected chi connectivity index (χ1v) is 10.6. The molecule has 0 bridgehead atoms. The van der Waals surface area contributed by atoms with Gasteiger partial charge in [-0.05, 0) is 0 Å². The van der Waals surface area contributed by atoms with Crippen molar-refractivity contribution in [3.8, 4) is 0 Å². The predicted molar refractivity (Wildman–Crippen MR) is 70.3 cm³/mol. The molecule has 0 aliphatic heterocycles. The van der Waals surface area contributed by atoms with E-state index in [9.17, 15) is 0 Å². The molecule has 82 valence electrons.